The number of thiophene rings is 1. The van der Waals surface area contributed by atoms with E-state index in [-0.39, 0.29) is 0 Å². The molecule has 0 bridgehead atoms. The van der Waals surface area contributed by atoms with Crippen molar-refractivity contribution in [2.24, 2.45) is 0 Å². The first-order valence-corrected chi connectivity index (χ1v) is 8.42. The zero-order chi connectivity index (χ0) is 15.8. The first kappa shape index (κ1) is 14.3. The SMILES string of the molecule is Cc1cccc(-c2nc(-c3ccc(Cl)cc3)c3ccsc3n2)n1. The van der Waals surface area contributed by atoms with Crippen molar-refractivity contribution in [2.75, 3.05) is 0 Å². The smallest absolute Gasteiger partial charge is 0.180 e. The molecule has 3 aromatic heterocycles. The van der Waals surface area contributed by atoms with Crippen LogP contribution in [0.2, 0.25) is 5.02 Å². The summed E-state index contributed by atoms with van der Waals surface area (Å²) in [5.41, 5.74) is 3.67. The highest BCUT2D eigenvalue weighted by Gasteiger charge is 2.13. The van der Waals surface area contributed by atoms with Gasteiger partial charge in [-0.1, -0.05) is 29.8 Å². The van der Waals surface area contributed by atoms with E-state index >= 15 is 0 Å². The van der Waals surface area contributed by atoms with E-state index in [1.54, 1.807) is 11.3 Å². The third-order valence-corrected chi connectivity index (χ3v) is 4.62. The lowest BCUT2D eigenvalue weighted by atomic mass is 10.1. The van der Waals surface area contributed by atoms with E-state index in [2.05, 4.69) is 16.0 Å². The van der Waals surface area contributed by atoms with Gasteiger partial charge < -0.3 is 0 Å². The van der Waals surface area contributed by atoms with Crippen LogP contribution in [0, 0.1) is 6.92 Å². The van der Waals surface area contributed by atoms with Gasteiger partial charge in [0.2, 0.25) is 0 Å². The Balaban J connectivity index is 1.96. The lowest BCUT2D eigenvalue weighted by Gasteiger charge is -2.07. The van der Waals surface area contributed by atoms with Gasteiger partial charge in [-0.25, -0.2) is 15.0 Å². The number of aryl methyl sites for hydroxylation is 1. The number of aromatic nitrogens is 3. The Hall–Kier alpha value is -2.30. The third-order valence-electron chi connectivity index (χ3n) is 3.56. The zero-order valence-corrected chi connectivity index (χ0v) is 13.9. The van der Waals surface area contributed by atoms with Crippen LogP contribution >= 0.6 is 22.9 Å². The molecule has 0 aliphatic rings. The number of fused-ring (bicyclic) bond motifs is 1. The van der Waals surface area contributed by atoms with E-state index < -0.39 is 0 Å². The monoisotopic (exact) mass is 337 g/mol. The normalized spacial score (nSPS) is 11.0. The largest absolute Gasteiger partial charge is 0.250 e. The summed E-state index contributed by atoms with van der Waals surface area (Å²) < 4.78 is 0. The van der Waals surface area contributed by atoms with E-state index in [1.165, 1.54) is 0 Å². The van der Waals surface area contributed by atoms with Gasteiger partial charge in [0.25, 0.3) is 0 Å². The van der Waals surface area contributed by atoms with Gasteiger partial charge in [-0.05, 0) is 42.6 Å². The van der Waals surface area contributed by atoms with Gasteiger partial charge in [0.05, 0.1) is 5.69 Å². The second kappa shape index (κ2) is 5.72. The van der Waals surface area contributed by atoms with Crippen LogP contribution in [0.5, 0.6) is 0 Å². The number of hydrogen-bond donors (Lipinski definition) is 0. The average molecular weight is 338 g/mol. The molecule has 3 nitrogen and oxygen atoms in total. The summed E-state index contributed by atoms with van der Waals surface area (Å²) in [4.78, 5) is 14.9. The number of halogens is 1. The predicted octanol–water partition coefficient (Wildman–Crippen LogP) is 5.38. The Morgan fingerprint density at radius 1 is 0.913 bits per heavy atom. The number of pyridine rings is 1. The predicted molar refractivity (Wildman–Crippen MR) is 95.8 cm³/mol. The van der Waals surface area contributed by atoms with Gasteiger partial charge in [0.15, 0.2) is 5.82 Å². The minimum absolute atomic E-state index is 0.647. The number of rotatable bonds is 2. The second-order valence-electron chi connectivity index (χ2n) is 5.21. The van der Waals surface area contributed by atoms with E-state index in [4.69, 9.17) is 16.6 Å². The van der Waals surface area contributed by atoms with Gasteiger partial charge in [-0.2, -0.15) is 0 Å². The van der Waals surface area contributed by atoms with E-state index in [0.717, 1.165) is 32.9 Å². The molecule has 5 heteroatoms. The molecule has 0 aliphatic carbocycles. The molecule has 4 aromatic rings. The highest BCUT2D eigenvalue weighted by Crippen LogP contribution is 2.31. The average Bonchev–Trinajstić information content (AvgIpc) is 3.03. The third kappa shape index (κ3) is 2.71. The van der Waals surface area contributed by atoms with Crippen LogP contribution in [0.25, 0.3) is 33.0 Å². The molecule has 0 N–H and O–H groups in total. The molecule has 1 aromatic carbocycles. The summed E-state index contributed by atoms with van der Waals surface area (Å²) in [6.45, 7) is 1.97. The minimum atomic E-state index is 0.647. The Labute approximate surface area is 142 Å². The van der Waals surface area contributed by atoms with Crippen LogP contribution in [0.3, 0.4) is 0 Å². The van der Waals surface area contributed by atoms with Crippen molar-refractivity contribution < 1.29 is 0 Å². The zero-order valence-electron chi connectivity index (χ0n) is 12.3. The van der Waals surface area contributed by atoms with Gasteiger partial charge >= 0.3 is 0 Å². The molecule has 0 amide bonds. The molecule has 0 fully saturated rings. The van der Waals surface area contributed by atoms with Crippen LogP contribution < -0.4 is 0 Å². The molecule has 23 heavy (non-hydrogen) atoms. The molecule has 0 saturated heterocycles. The topological polar surface area (TPSA) is 38.7 Å². The molecule has 0 radical (unpaired) electrons. The quantitative estimate of drug-likeness (QED) is 0.492. The maximum Gasteiger partial charge on any atom is 0.180 e. The summed E-state index contributed by atoms with van der Waals surface area (Å²) in [7, 11) is 0. The fourth-order valence-electron chi connectivity index (χ4n) is 2.47. The van der Waals surface area contributed by atoms with Crippen LogP contribution in [-0.2, 0) is 0 Å². The van der Waals surface area contributed by atoms with Gasteiger partial charge in [-0.3, -0.25) is 0 Å². The molecular weight excluding hydrogens is 326 g/mol. The van der Waals surface area contributed by atoms with Crippen LogP contribution in [0.4, 0.5) is 0 Å². The Kier molecular flexibility index (Phi) is 3.56. The van der Waals surface area contributed by atoms with E-state index in [0.29, 0.717) is 10.8 Å². The molecule has 0 spiro atoms. The van der Waals surface area contributed by atoms with Gasteiger partial charge in [0.1, 0.15) is 10.5 Å². The summed E-state index contributed by atoms with van der Waals surface area (Å²) in [5.74, 6) is 0.647. The maximum absolute atomic E-state index is 6.00. The summed E-state index contributed by atoms with van der Waals surface area (Å²) in [6, 6.07) is 15.6. The van der Waals surface area contributed by atoms with Crippen molar-refractivity contribution in [3.63, 3.8) is 0 Å². The molecule has 0 aliphatic heterocycles. The summed E-state index contributed by atoms with van der Waals surface area (Å²) in [6.07, 6.45) is 0. The Bertz CT molecular complexity index is 993. The first-order valence-electron chi connectivity index (χ1n) is 7.16. The molecule has 0 unspecified atom stereocenters. The molecule has 3 heterocycles. The summed E-state index contributed by atoms with van der Waals surface area (Å²) >= 11 is 7.61. The van der Waals surface area contributed by atoms with Crippen molar-refractivity contribution >= 4 is 33.2 Å². The summed E-state index contributed by atoms with van der Waals surface area (Å²) in [5, 5.41) is 3.80. The molecule has 112 valence electrons. The lowest BCUT2D eigenvalue weighted by Crippen LogP contribution is -1.95. The molecular formula is C18H12ClN3S. The van der Waals surface area contributed by atoms with Gasteiger partial charge in [0, 0.05) is 21.7 Å². The van der Waals surface area contributed by atoms with E-state index in [1.807, 2.05) is 54.8 Å². The van der Waals surface area contributed by atoms with Crippen LogP contribution in [0.15, 0.2) is 53.9 Å². The fourth-order valence-corrected chi connectivity index (χ4v) is 3.36. The Morgan fingerprint density at radius 3 is 2.52 bits per heavy atom. The number of nitrogens with zero attached hydrogens (tertiary/aromatic N) is 3. The van der Waals surface area contributed by atoms with Crippen molar-refractivity contribution in [3.8, 4) is 22.8 Å². The van der Waals surface area contributed by atoms with Crippen LogP contribution in [-0.4, -0.2) is 15.0 Å². The highest BCUT2D eigenvalue weighted by molar-refractivity contribution is 7.16. The van der Waals surface area contributed by atoms with Crippen molar-refractivity contribution in [1.82, 2.24) is 15.0 Å². The molecule has 4 rings (SSSR count). The van der Waals surface area contributed by atoms with E-state index in [9.17, 15) is 0 Å². The molecule has 0 saturated carbocycles. The van der Waals surface area contributed by atoms with Crippen molar-refractivity contribution in [3.05, 3.63) is 64.6 Å². The number of hydrogen-bond acceptors (Lipinski definition) is 4. The standard InChI is InChI=1S/C18H12ClN3S/c1-11-3-2-4-15(20-11)17-21-16(12-5-7-13(19)8-6-12)14-9-10-23-18(14)22-17/h2-10H,1H3. The lowest BCUT2D eigenvalue weighted by molar-refractivity contribution is 1.14. The maximum atomic E-state index is 6.00. The molecule has 0 atom stereocenters. The minimum Gasteiger partial charge on any atom is -0.250 e. The number of benzene rings is 1. The Morgan fingerprint density at radius 2 is 1.74 bits per heavy atom. The first-order chi connectivity index (χ1) is 11.2. The van der Waals surface area contributed by atoms with Crippen molar-refractivity contribution in [1.29, 1.82) is 0 Å². The highest BCUT2D eigenvalue weighted by atomic mass is 35.5. The fraction of sp³-hybridized carbons (Fsp3) is 0.0556. The van der Waals surface area contributed by atoms with Gasteiger partial charge in [-0.15, -0.1) is 11.3 Å². The van der Waals surface area contributed by atoms with Crippen LogP contribution in [0.1, 0.15) is 5.69 Å². The second-order valence-corrected chi connectivity index (χ2v) is 6.54. The van der Waals surface area contributed by atoms with Crippen molar-refractivity contribution in [2.45, 2.75) is 6.92 Å².